The summed E-state index contributed by atoms with van der Waals surface area (Å²) in [6.45, 7) is 6.69. The first kappa shape index (κ1) is 21.5. The molecular formula is C27H28N2OS2. The van der Waals surface area contributed by atoms with Crippen LogP contribution < -0.4 is 5.56 Å². The zero-order valence-corrected chi connectivity index (χ0v) is 20.5. The number of aryl methyl sites for hydroxylation is 2. The predicted molar refractivity (Wildman–Crippen MR) is 137 cm³/mol. The Balaban J connectivity index is 1.56. The second-order valence-electron chi connectivity index (χ2n) is 9.50. The molecule has 1 aliphatic carbocycles. The van der Waals surface area contributed by atoms with Crippen molar-refractivity contribution in [3.63, 3.8) is 0 Å². The Labute approximate surface area is 197 Å². The Morgan fingerprint density at radius 1 is 1.00 bits per heavy atom. The minimum atomic E-state index is 0.0752. The van der Waals surface area contributed by atoms with Crippen LogP contribution in [0.3, 0.4) is 0 Å². The molecule has 0 bridgehead atoms. The summed E-state index contributed by atoms with van der Waals surface area (Å²) in [5.74, 6) is 0.778. The lowest BCUT2D eigenvalue weighted by molar-refractivity contribution is 0.590. The fourth-order valence-corrected chi connectivity index (χ4v) is 6.61. The van der Waals surface area contributed by atoms with Gasteiger partial charge in [-0.2, -0.15) is 0 Å². The zero-order valence-electron chi connectivity index (χ0n) is 18.9. The molecule has 0 radical (unpaired) electrons. The number of aromatic nitrogens is 2. The van der Waals surface area contributed by atoms with E-state index < -0.39 is 0 Å². The lowest BCUT2D eigenvalue weighted by Crippen LogP contribution is -2.22. The maximum atomic E-state index is 13.8. The predicted octanol–water partition coefficient (Wildman–Crippen LogP) is 6.92. The molecule has 1 aliphatic rings. The number of nitrogens with zero attached hydrogens (tertiary/aromatic N) is 2. The van der Waals surface area contributed by atoms with Crippen LogP contribution in [0, 0.1) is 0 Å². The molecule has 5 heteroatoms. The molecule has 2 aromatic carbocycles. The van der Waals surface area contributed by atoms with Gasteiger partial charge in [-0.05, 0) is 59.9 Å². The van der Waals surface area contributed by atoms with Gasteiger partial charge in [-0.1, -0.05) is 75.0 Å². The van der Waals surface area contributed by atoms with Crippen molar-refractivity contribution in [3.05, 3.63) is 86.5 Å². The smallest absolute Gasteiger partial charge is 0.267 e. The van der Waals surface area contributed by atoms with Gasteiger partial charge in [0.1, 0.15) is 4.83 Å². The van der Waals surface area contributed by atoms with Gasteiger partial charge in [0.2, 0.25) is 0 Å². The summed E-state index contributed by atoms with van der Waals surface area (Å²) in [6.07, 6.45) is 4.43. The number of fused-ring (bicyclic) bond motifs is 3. The highest BCUT2D eigenvalue weighted by molar-refractivity contribution is 7.98. The highest BCUT2D eigenvalue weighted by atomic mass is 32.2. The molecule has 0 N–H and O–H groups in total. The van der Waals surface area contributed by atoms with Gasteiger partial charge in [-0.15, -0.1) is 11.3 Å². The highest BCUT2D eigenvalue weighted by Gasteiger charge is 2.23. The molecule has 0 spiro atoms. The van der Waals surface area contributed by atoms with Gasteiger partial charge in [0.05, 0.1) is 11.1 Å². The Hall–Kier alpha value is -2.37. The monoisotopic (exact) mass is 460 g/mol. The third kappa shape index (κ3) is 4.04. The van der Waals surface area contributed by atoms with Crippen LogP contribution in [-0.4, -0.2) is 9.55 Å². The lowest BCUT2D eigenvalue weighted by Gasteiger charge is -2.19. The first-order valence-electron chi connectivity index (χ1n) is 11.3. The molecule has 4 aromatic rings. The molecule has 0 aliphatic heterocycles. The second-order valence-corrected chi connectivity index (χ2v) is 11.5. The van der Waals surface area contributed by atoms with Crippen LogP contribution in [0.5, 0.6) is 0 Å². The van der Waals surface area contributed by atoms with E-state index in [2.05, 4.69) is 45.0 Å². The van der Waals surface area contributed by atoms with Crippen molar-refractivity contribution < 1.29 is 0 Å². The van der Waals surface area contributed by atoms with E-state index in [1.54, 1.807) is 23.1 Å². The molecule has 2 aromatic heterocycles. The van der Waals surface area contributed by atoms with Crippen molar-refractivity contribution in [1.82, 2.24) is 9.55 Å². The highest BCUT2D eigenvalue weighted by Crippen LogP contribution is 2.35. The van der Waals surface area contributed by atoms with Gasteiger partial charge in [0.25, 0.3) is 5.56 Å². The van der Waals surface area contributed by atoms with Gasteiger partial charge >= 0.3 is 0 Å². The van der Waals surface area contributed by atoms with E-state index in [0.29, 0.717) is 0 Å². The van der Waals surface area contributed by atoms with Crippen molar-refractivity contribution >= 4 is 33.3 Å². The van der Waals surface area contributed by atoms with E-state index in [0.717, 1.165) is 46.1 Å². The lowest BCUT2D eigenvalue weighted by atomic mass is 9.87. The number of thiophene rings is 1. The normalized spacial score (nSPS) is 14.0. The van der Waals surface area contributed by atoms with Gasteiger partial charge in [-0.3, -0.25) is 9.36 Å². The minimum Gasteiger partial charge on any atom is -0.268 e. The summed E-state index contributed by atoms with van der Waals surface area (Å²) < 4.78 is 1.82. The van der Waals surface area contributed by atoms with Gasteiger partial charge in [0, 0.05) is 10.6 Å². The van der Waals surface area contributed by atoms with Crippen LogP contribution in [0.15, 0.2) is 64.5 Å². The fraction of sp³-hybridized carbons (Fsp3) is 0.333. The van der Waals surface area contributed by atoms with Crippen LogP contribution in [0.4, 0.5) is 0 Å². The summed E-state index contributed by atoms with van der Waals surface area (Å²) in [5, 5.41) is 1.61. The first-order valence-corrected chi connectivity index (χ1v) is 13.1. The molecular weight excluding hydrogens is 432 g/mol. The summed E-state index contributed by atoms with van der Waals surface area (Å²) >= 11 is 3.36. The molecule has 0 fully saturated rings. The number of hydrogen-bond acceptors (Lipinski definition) is 4. The summed E-state index contributed by atoms with van der Waals surface area (Å²) in [7, 11) is 0. The molecule has 0 atom stereocenters. The molecule has 2 heterocycles. The van der Waals surface area contributed by atoms with Crippen molar-refractivity contribution in [2.24, 2.45) is 0 Å². The van der Waals surface area contributed by atoms with E-state index in [9.17, 15) is 4.79 Å². The second kappa shape index (κ2) is 8.53. The quantitative estimate of drug-likeness (QED) is 0.245. The number of thioether (sulfide) groups is 1. The average molecular weight is 461 g/mol. The Kier molecular flexibility index (Phi) is 5.72. The van der Waals surface area contributed by atoms with Crippen molar-refractivity contribution in [2.75, 3.05) is 0 Å². The van der Waals surface area contributed by atoms with Crippen LogP contribution >= 0.6 is 23.1 Å². The molecule has 0 saturated carbocycles. The Morgan fingerprint density at radius 3 is 2.44 bits per heavy atom. The maximum Gasteiger partial charge on any atom is 0.267 e. The third-order valence-electron chi connectivity index (χ3n) is 6.16. The van der Waals surface area contributed by atoms with Crippen LogP contribution in [0.25, 0.3) is 15.9 Å². The summed E-state index contributed by atoms with van der Waals surface area (Å²) in [5.41, 5.74) is 4.91. The fourth-order valence-electron chi connectivity index (χ4n) is 4.34. The zero-order chi connectivity index (χ0) is 22.3. The molecule has 32 heavy (non-hydrogen) atoms. The van der Waals surface area contributed by atoms with Crippen molar-refractivity contribution in [3.8, 4) is 5.69 Å². The molecule has 0 amide bonds. The molecule has 0 saturated heterocycles. The van der Waals surface area contributed by atoms with E-state index in [1.165, 1.54) is 28.0 Å². The SMILES string of the molecule is CC(C)(C)c1ccc(CSc2nc3sc4c(c3c(=O)n2-c2ccccc2)CCCC4)cc1. The van der Waals surface area contributed by atoms with Crippen molar-refractivity contribution in [1.29, 1.82) is 0 Å². The number of rotatable bonds is 4. The van der Waals surface area contributed by atoms with Crippen molar-refractivity contribution in [2.45, 2.75) is 62.8 Å². The van der Waals surface area contributed by atoms with Gasteiger partial charge < -0.3 is 0 Å². The molecule has 5 rings (SSSR count). The third-order valence-corrected chi connectivity index (χ3v) is 8.36. The van der Waals surface area contributed by atoms with Gasteiger partial charge in [0.15, 0.2) is 5.16 Å². The average Bonchev–Trinajstić information content (AvgIpc) is 3.16. The van der Waals surface area contributed by atoms with Crippen LogP contribution in [0.1, 0.15) is 55.2 Å². The molecule has 0 unspecified atom stereocenters. The van der Waals surface area contributed by atoms with Crippen LogP contribution in [-0.2, 0) is 24.0 Å². The van der Waals surface area contributed by atoms with E-state index in [1.807, 2.05) is 34.9 Å². The maximum absolute atomic E-state index is 13.8. The summed E-state index contributed by atoms with van der Waals surface area (Å²) in [6, 6.07) is 18.8. The topological polar surface area (TPSA) is 34.9 Å². The first-order chi connectivity index (χ1) is 15.4. The van der Waals surface area contributed by atoms with E-state index in [-0.39, 0.29) is 11.0 Å². The standard InChI is InChI=1S/C27H28N2OS2/c1-27(2,3)19-15-13-18(14-16-19)17-31-26-28-24-23(21-11-7-8-12-22(21)32-24)25(30)29(26)20-9-5-4-6-10-20/h4-6,9-10,13-16H,7-8,11-12,17H2,1-3H3. The number of benzene rings is 2. The summed E-state index contributed by atoms with van der Waals surface area (Å²) in [4.78, 5) is 21.1. The largest absolute Gasteiger partial charge is 0.268 e. The number of para-hydroxylation sites is 1. The molecule has 164 valence electrons. The van der Waals surface area contributed by atoms with E-state index >= 15 is 0 Å². The number of hydrogen-bond donors (Lipinski definition) is 0. The van der Waals surface area contributed by atoms with E-state index in [4.69, 9.17) is 4.98 Å². The Bertz CT molecular complexity index is 1310. The molecule has 3 nitrogen and oxygen atoms in total. The minimum absolute atomic E-state index is 0.0752. The van der Waals surface area contributed by atoms with Crippen LogP contribution in [0.2, 0.25) is 0 Å². The Morgan fingerprint density at radius 2 is 1.72 bits per heavy atom. The van der Waals surface area contributed by atoms with Gasteiger partial charge in [-0.25, -0.2) is 4.98 Å².